The number of benzene rings is 1. The Morgan fingerprint density at radius 1 is 1.31 bits per heavy atom. The van der Waals surface area contributed by atoms with Crippen LogP contribution >= 0.6 is 11.8 Å². The highest BCUT2D eigenvalue weighted by Gasteiger charge is 2.26. The van der Waals surface area contributed by atoms with Gasteiger partial charge in [-0.25, -0.2) is 4.98 Å². The molecule has 1 fully saturated rings. The van der Waals surface area contributed by atoms with E-state index in [9.17, 15) is 9.59 Å². The fourth-order valence-corrected chi connectivity index (χ4v) is 4.30. The van der Waals surface area contributed by atoms with Crippen molar-refractivity contribution in [1.82, 2.24) is 15.3 Å². The Bertz CT molecular complexity index is 785. The first-order valence-electron chi connectivity index (χ1n) is 9.28. The maximum atomic E-state index is 12.9. The maximum absolute atomic E-state index is 12.9. The summed E-state index contributed by atoms with van der Waals surface area (Å²) in [4.78, 5) is 32.2. The highest BCUT2D eigenvalue weighted by atomic mass is 32.2. The van der Waals surface area contributed by atoms with Crippen LogP contribution in [0.1, 0.15) is 55.5 Å². The summed E-state index contributed by atoms with van der Waals surface area (Å²) in [6.07, 6.45) is 6.09. The fraction of sp³-hybridized carbons (Fsp3) is 0.450. The number of carbonyl (C=O) groups excluding carboxylic acids is 1. The number of nitrogens with one attached hydrogen (secondary N) is 2. The Balaban J connectivity index is 1.83. The second kappa shape index (κ2) is 9.03. The number of aromatic amines is 1. The summed E-state index contributed by atoms with van der Waals surface area (Å²) < 4.78 is 0. The molecule has 0 bridgehead atoms. The smallest absolute Gasteiger partial charge is 0.251 e. The van der Waals surface area contributed by atoms with E-state index in [0.29, 0.717) is 5.16 Å². The predicted octanol–water partition coefficient (Wildman–Crippen LogP) is 3.61. The summed E-state index contributed by atoms with van der Waals surface area (Å²) in [6, 6.07) is 11.5. The van der Waals surface area contributed by atoms with E-state index in [1.807, 2.05) is 30.3 Å². The minimum absolute atomic E-state index is 0.0170. The molecule has 1 saturated carbocycles. The zero-order valence-electron chi connectivity index (χ0n) is 15.0. The number of hydrogen-bond donors (Lipinski definition) is 2. The SMILES string of the molecule is CCCc1cc(=O)[nH]c(S[C@@H](C(=O)NC2CCCC2)c2ccccc2)n1. The third-order valence-electron chi connectivity index (χ3n) is 4.55. The molecule has 3 rings (SSSR count). The van der Waals surface area contributed by atoms with Gasteiger partial charge in [-0.2, -0.15) is 0 Å². The molecule has 5 nitrogen and oxygen atoms in total. The number of aromatic nitrogens is 2. The fourth-order valence-electron chi connectivity index (χ4n) is 3.28. The van der Waals surface area contributed by atoms with Crippen molar-refractivity contribution >= 4 is 17.7 Å². The van der Waals surface area contributed by atoms with Crippen LogP contribution < -0.4 is 10.9 Å². The number of thioether (sulfide) groups is 1. The highest BCUT2D eigenvalue weighted by Crippen LogP contribution is 2.34. The summed E-state index contributed by atoms with van der Waals surface area (Å²) in [6.45, 7) is 2.05. The molecule has 138 valence electrons. The van der Waals surface area contributed by atoms with Gasteiger partial charge in [0.2, 0.25) is 5.91 Å². The molecule has 0 radical (unpaired) electrons. The van der Waals surface area contributed by atoms with Gasteiger partial charge in [-0.3, -0.25) is 9.59 Å². The van der Waals surface area contributed by atoms with Crippen LogP contribution in [0.4, 0.5) is 0 Å². The van der Waals surface area contributed by atoms with Crippen LogP contribution in [-0.4, -0.2) is 21.9 Å². The standard InChI is InChI=1S/C20H25N3O2S/c1-2-8-16-13-17(24)23-20(22-16)26-18(14-9-4-3-5-10-14)19(25)21-15-11-6-7-12-15/h3-5,9-10,13,15,18H,2,6-8,11-12H2,1H3,(H,21,25)(H,22,23,24)/t18-/m1/s1. The number of hydrogen-bond acceptors (Lipinski definition) is 4. The Labute approximate surface area is 158 Å². The Hall–Kier alpha value is -2.08. The van der Waals surface area contributed by atoms with Crippen LogP contribution in [0.2, 0.25) is 0 Å². The molecule has 2 N–H and O–H groups in total. The molecule has 1 heterocycles. The Kier molecular flexibility index (Phi) is 6.50. The molecule has 26 heavy (non-hydrogen) atoms. The zero-order valence-corrected chi connectivity index (χ0v) is 15.8. The van der Waals surface area contributed by atoms with Gasteiger partial charge in [0.05, 0.1) is 0 Å². The molecule has 6 heteroatoms. The molecule has 0 saturated heterocycles. The summed E-state index contributed by atoms with van der Waals surface area (Å²) in [7, 11) is 0. The van der Waals surface area contributed by atoms with E-state index >= 15 is 0 Å². The number of H-pyrrole nitrogens is 1. The first kappa shape index (κ1) is 18.7. The molecule has 2 aromatic rings. The van der Waals surface area contributed by atoms with Crippen molar-refractivity contribution in [1.29, 1.82) is 0 Å². The van der Waals surface area contributed by atoms with Crippen molar-refractivity contribution in [3.05, 3.63) is 58.0 Å². The molecule has 1 aliphatic rings. The molecular formula is C20H25N3O2S. The van der Waals surface area contributed by atoms with E-state index in [4.69, 9.17) is 0 Å². The molecule has 1 atom stereocenters. The monoisotopic (exact) mass is 371 g/mol. The number of carbonyl (C=O) groups is 1. The van der Waals surface area contributed by atoms with E-state index in [-0.39, 0.29) is 17.5 Å². The summed E-state index contributed by atoms with van der Waals surface area (Å²) in [5.41, 5.74) is 1.51. The van der Waals surface area contributed by atoms with Gasteiger partial charge in [0.25, 0.3) is 5.56 Å². The molecular weight excluding hydrogens is 346 g/mol. The van der Waals surface area contributed by atoms with Gasteiger partial charge in [0.1, 0.15) is 5.25 Å². The zero-order chi connectivity index (χ0) is 18.4. The number of nitrogens with zero attached hydrogens (tertiary/aromatic N) is 1. The molecule has 1 aliphatic carbocycles. The number of amides is 1. The molecule has 1 aromatic heterocycles. The van der Waals surface area contributed by atoms with E-state index in [0.717, 1.165) is 36.9 Å². The van der Waals surface area contributed by atoms with E-state index in [1.54, 1.807) is 0 Å². The van der Waals surface area contributed by atoms with Crippen LogP contribution in [0.3, 0.4) is 0 Å². The second-order valence-electron chi connectivity index (χ2n) is 6.69. The van der Waals surface area contributed by atoms with Gasteiger partial charge in [0.15, 0.2) is 5.16 Å². The van der Waals surface area contributed by atoms with Crippen LogP contribution in [0, 0.1) is 0 Å². The van der Waals surface area contributed by atoms with Crippen molar-refractivity contribution in [2.24, 2.45) is 0 Å². The lowest BCUT2D eigenvalue weighted by atomic mass is 10.1. The lowest BCUT2D eigenvalue weighted by molar-refractivity contribution is -0.121. The maximum Gasteiger partial charge on any atom is 0.251 e. The quantitative estimate of drug-likeness (QED) is 0.576. The van der Waals surface area contributed by atoms with Gasteiger partial charge in [-0.15, -0.1) is 0 Å². The number of aryl methyl sites for hydroxylation is 1. The second-order valence-corrected chi connectivity index (χ2v) is 7.78. The van der Waals surface area contributed by atoms with Crippen molar-refractivity contribution in [2.45, 2.75) is 61.9 Å². The van der Waals surface area contributed by atoms with Gasteiger partial charge < -0.3 is 10.3 Å². The normalized spacial score (nSPS) is 15.7. The largest absolute Gasteiger partial charge is 0.352 e. The van der Waals surface area contributed by atoms with Gasteiger partial charge in [-0.1, -0.05) is 68.3 Å². The Morgan fingerprint density at radius 2 is 2.04 bits per heavy atom. The van der Waals surface area contributed by atoms with E-state index < -0.39 is 5.25 Å². The van der Waals surface area contributed by atoms with Crippen molar-refractivity contribution in [3.63, 3.8) is 0 Å². The van der Waals surface area contributed by atoms with Crippen molar-refractivity contribution < 1.29 is 4.79 Å². The Morgan fingerprint density at radius 3 is 2.73 bits per heavy atom. The summed E-state index contributed by atoms with van der Waals surface area (Å²) >= 11 is 1.31. The van der Waals surface area contributed by atoms with Crippen LogP contribution in [0.25, 0.3) is 0 Å². The molecule has 0 unspecified atom stereocenters. The third kappa shape index (κ3) is 4.97. The van der Waals surface area contributed by atoms with Gasteiger partial charge in [0, 0.05) is 17.8 Å². The van der Waals surface area contributed by atoms with Crippen molar-refractivity contribution in [2.75, 3.05) is 0 Å². The average molecular weight is 372 g/mol. The lowest BCUT2D eigenvalue weighted by Crippen LogP contribution is -2.35. The van der Waals surface area contributed by atoms with Crippen LogP contribution in [-0.2, 0) is 11.2 Å². The minimum Gasteiger partial charge on any atom is -0.352 e. The molecule has 1 amide bonds. The number of rotatable bonds is 7. The minimum atomic E-state index is -0.433. The van der Waals surface area contributed by atoms with Gasteiger partial charge in [-0.05, 0) is 24.8 Å². The highest BCUT2D eigenvalue weighted by molar-refractivity contribution is 8.00. The lowest BCUT2D eigenvalue weighted by Gasteiger charge is -2.19. The first-order chi connectivity index (χ1) is 12.7. The van der Waals surface area contributed by atoms with Crippen LogP contribution in [0.15, 0.2) is 46.3 Å². The van der Waals surface area contributed by atoms with E-state index in [2.05, 4.69) is 22.2 Å². The molecule has 0 spiro atoms. The summed E-state index contributed by atoms with van der Waals surface area (Å²) in [5, 5.41) is 3.24. The average Bonchev–Trinajstić information content (AvgIpc) is 3.13. The predicted molar refractivity (Wildman–Crippen MR) is 104 cm³/mol. The molecule has 0 aliphatic heterocycles. The summed E-state index contributed by atoms with van der Waals surface area (Å²) in [5.74, 6) is -0.0170. The third-order valence-corrected chi connectivity index (χ3v) is 5.69. The van der Waals surface area contributed by atoms with Crippen molar-refractivity contribution in [3.8, 4) is 0 Å². The van der Waals surface area contributed by atoms with Crippen LogP contribution in [0.5, 0.6) is 0 Å². The first-order valence-corrected chi connectivity index (χ1v) is 10.2. The van der Waals surface area contributed by atoms with Gasteiger partial charge >= 0.3 is 0 Å². The van der Waals surface area contributed by atoms with E-state index in [1.165, 1.54) is 30.7 Å². The topological polar surface area (TPSA) is 74.8 Å². The molecule has 1 aromatic carbocycles.